The Hall–Kier alpha value is -0.480. The first-order valence-electron chi connectivity index (χ1n) is 5.99. The fourth-order valence-corrected chi connectivity index (χ4v) is 4.10. The molecule has 0 radical (unpaired) electrons. The van der Waals surface area contributed by atoms with Gasteiger partial charge in [0.2, 0.25) is 0 Å². The van der Waals surface area contributed by atoms with E-state index in [0.29, 0.717) is 11.8 Å². The predicted octanol–water partition coefficient (Wildman–Crippen LogP) is 3.70. The number of nitrogens with two attached hydrogens (primary N) is 1. The van der Waals surface area contributed by atoms with Gasteiger partial charge in [0.1, 0.15) is 0 Å². The molecule has 0 amide bonds. The van der Waals surface area contributed by atoms with Crippen LogP contribution in [0.4, 0.5) is 8.78 Å². The van der Waals surface area contributed by atoms with Gasteiger partial charge in [-0.15, -0.1) is 0 Å². The van der Waals surface area contributed by atoms with E-state index >= 15 is 0 Å². The van der Waals surface area contributed by atoms with Crippen LogP contribution < -0.4 is 5.73 Å². The molecule has 4 heteroatoms. The second-order valence-corrected chi connectivity index (χ2v) is 5.95. The first kappa shape index (κ1) is 11.6. The molecule has 0 aromatic heterocycles. The predicted molar refractivity (Wildman–Crippen MR) is 65.4 cm³/mol. The fraction of sp³-hybridized carbons (Fsp3) is 0.538. The Bertz CT molecular complexity index is 463. The molecular formula is C13H14BrF2N. The van der Waals surface area contributed by atoms with E-state index in [9.17, 15) is 8.78 Å². The molecule has 2 aliphatic carbocycles. The number of benzene rings is 1. The molecule has 1 aromatic carbocycles. The number of rotatable bonds is 1. The standard InChI is InChI=1S/C13H14BrF2N/c14-11-9(5-6-10(15)12(11)16)13(17)7-3-1-2-4-8(7)13/h5-8H,1-4,17H2. The minimum absolute atomic E-state index is 0.203. The van der Waals surface area contributed by atoms with Crippen LogP contribution in [0.15, 0.2) is 16.6 Å². The Labute approximate surface area is 108 Å². The van der Waals surface area contributed by atoms with Crippen molar-refractivity contribution in [3.8, 4) is 0 Å². The van der Waals surface area contributed by atoms with Gasteiger partial charge in [0, 0.05) is 5.54 Å². The maximum atomic E-state index is 13.5. The van der Waals surface area contributed by atoms with Gasteiger partial charge in [0.25, 0.3) is 0 Å². The van der Waals surface area contributed by atoms with E-state index in [1.165, 1.54) is 18.9 Å². The summed E-state index contributed by atoms with van der Waals surface area (Å²) < 4.78 is 26.8. The van der Waals surface area contributed by atoms with Crippen molar-refractivity contribution in [1.82, 2.24) is 0 Å². The van der Waals surface area contributed by atoms with E-state index in [4.69, 9.17) is 5.73 Å². The monoisotopic (exact) mass is 301 g/mol. The summed E-state index contributed by atoms with van der Waals surface area (Å²) in [5.74, 6) is -0.765. The van der Waals surface area contributed by atoms with Gasteiger partial charge in [-0.05, 0) is 52.2 Å². The van der Waals surface area contributed by atoms with Crippen LogP contribution in [-0.4, -0.2) is 0 Å². The summed E-state index contributed by atoms with van der Waals surface area (Å²) in [7, 11) is 0. The van der Waals surface area contributed by atoms with Crippen LogP contribution in [0.3, 0.4) is 0 Å². The number of hydrogen-bond acceptors (Lipinski definition) is 1. The maximum Gasteiger partial charge on any atom is 0.173 e. The van der Waals surface area contributed by atoms with Gasteiger partial charge in [-0.1, -0.05) is 18.9 Å². The average molecular weight is 302 g/mol. The van der Waals surface area contributed by atoms with Crippen molar-refractivity contribution in [2.24, 2.45) is 17.6 Å². The highest BCUT2D eigenvalue weighted by Crippen LogP contribution is 2.63. The Morgan fingerprint density at radius 2 is 1.76 bits per heavy atom. The van der Waals surface area contributed by atoms with Crippen molar-refractivity contribution >= 4 is 15.9 Å². The Morgan fingerprint density at radius 1 is 1.18 bits per heavy atom. The SMILES string of the molecule is NC1(c2ccc(F)c(F)c2Br)C2CCCCC21. The lowest BCUT2D eigenvalue weighted by Gasteiger charge is -2.15. The van der Waals surface area contributed by atoms with Gasteiger partial charge < -0.3 is 5.73 Å². The van der Waals surface area contributed by atoms with Crippen LogP contribution in [0.1, 0.15) is 31.2 Å². The van der Waals surface area contributed by atoms with Crippen molar-refractivity contribution in [3.63, 3.8) is 0 Å². The number of hydrogen-bond donors (Lipinski definition) is 1. The molecule has 92 valence electrons. The molecule has 3 rings (SSSR count). The topological polar surface area (TPSA) is 26.0 Å². The quantitative estimate of drug-likeness (QED) is 0.787. The van der Waals surface area contributed by atoms with Gasteiger partial charge in [-0.25, -0.2) is 8.78 Å². The highest BCUT2D eigenvalue weighted by Gasteiger charge is 2.63. The molecule has 1 aromatic rings. The highest BCUT2D eigenvalue weighted by atomic mass is 79.9. The Kier molecular flexibility index (Phi) is 2.56. The molecule has 0 spiro atoms. The third kappa shape index (κ3) is 1.50. The zero-order chi connectivity index (χ0) is 12.2. The summed E-state index contributed by atoms with van der Waals surface area (Å²) in [4.78, 5) is 0. The molecule has 2 unspecified atom stereocenters. The van der Waals surface area contributed by atoms with E-state index in [1.54, 1.807) is 6.07 Å². The minimum atomic E-state index is -0.826. The van der Waals surface area contributed by atoms with Crippen molar-refractivity contribution in [2.75, 3.05) is 0 Å². The highest BCUT2D eigenvalue weighted by molar-refractivity contribution is 9.10. The zero-order valence-corrected chi connectivity index (χ0v) is 10.9. The van der Waals surface area contributed by atoms with Gasteiger partial charge in [0.05, 0.1) is 4.47 Å². The average Bonchev–Trinajstić information content (AvgIpc) is 2.94. The summed E-state index contributed by atoms with van der Waals surface area (Å²) >= 11 is 3.15. The van der Waals surface area contributed by atoms with E-state index in [-0.39, 0.29) is 4.47 Å². The summed E-state index contributed by atoms with van der Waals surface area (Å²) in [6.45, 7) is 0. The molecule has 0 bridgehead atoms. The zero-order valence-electron chi connectivity index (χ0n) is 9.35. The van der Waals surface area contributed by atoms with E-state index in [2.05, 4.69) is 15.9 Å². The molecule has 0 saturated heterocycles. The lowest BCUT2D eigenvalue weighted by molar-refractivity contribution is 0.480. The summed E-state index contributed by atoms with van der Waals surface area (Å²) in [6.07, 6.45) is 4.60. The van der Waals surface area contributed by atoms with Crippen LogP contribution in [0.25, 0.3) is 0 Å². The molecule has 2 N–H and O–H groups in total. The first-order valence-corrected chi connectivity index (χ1v) is 6.79. The van der Waals surface area contributed by atoms with E-state index in [0.717, 1.165) is 18.4 Å². The molecule has 2 saturated carbocycles. The molecular weight excluding hydrogens is 288 g/mol. The van der Waals surface area contributed by atoms with Crippen LogP contribution in [0.5, 0.6) is 0 Å². The molecule has 0 aliphatic heterocycles. The van der Waals surface area contributed by atoms with Gasteiger partial charge in [-0.2, -0.15) is 0 Å². The Morgan fingerprint density at radius 3 is 2.35 bits per heavy atom. The van der Waals surface area contributed by atoms with Crippen molar-refractivity contribution in [2.45, 2.75) is 31.2 Å². The minimum Gasteiger partial charge on any atom is -0.321 e. The second kappa shape index (κ2) is 3.75. The smallest absolute Gasteiger partial charge is 0.173 e. The summed E-state index contributed by atoms with van der Waals surface area (Å²) in [5, 5.41) is 0. The molecule has 0 heterocycles. The van der Waals surface area contributed by atoms with Crippen molar-refractivity contribution in [1.29, 1.82) is 0 Å². The molecule has 1 nitrogen and oxygen atoms in total. The normalized spacial score (nSPS) is 35.5. The van der Waals surface area contributed by atoms with Gasteiger partial charge in [-0.3, -0.25) is 0 Å². The van der Waals surface area contributed by atoms with Crippen molar-refractivity contribution < 1.29 is 8.78 Å². The molecule has 17 heavy (non-hydrogen) atoms. The molecule has 2 aliphatic rings. The van der Waals surface area contributed by atoms with Crippen molar-refractivity contribution in [3.05, 3.63) is 33.8 Å². The lowest BCUT2D eigenvalue weighted by atomic mass is 10.0. The first-order chi connectivity index (χ1) is 8.06. The van der Waals surface area contributed by atoms with Crippen LogP contribution in [-0.2, 0) is 5.54 Å². The fourth-order valence-electron chi connectivity index (χ4n) is 3.43. The second-order valence-electron chi connectivity index (χ2n) is 5.15. The summed E-state index contributed by atoms with van der Waals surface area (Å²) in [6, 6.07) is 2.80. The van der Waals surface area contributed by atoms with Gasteiger partial charge in [0.15, 0.2) is 11.6 Å². The van der Waals surface area contributed by atoms with E-state index in [1.807, 2.05) is 0 Å². The maximum absolute atomic E-state index is 13.5. The third-order valence-electron chi connectivity index (χ3n) is 4.39. The number of halogens is 3. The Balaban J connectivity index is 2.03. The largest absolute Gasteiger partial charge is 0.321 e. The van der Waals surface area contributed by atoms with Gasteiger partial charge >= 0.3 is 0 Å². The van der Waals surface area contributed by atoms with Crippen LogP contribution >= 0.6 is 15.9 Å². The number of fused-ring (bicyclic) bond motifs is 1. The van der Waals surface area contributed by atoms with E-state index < -0.39 is 17.2 Å². The lowest BCUT2D eigenvalue weighted by Crippen LogP contribution is -2.25. The third-order valence-corrected chi connectivity index (χ3v) is 5.16. The van der Waals surface area contributed by atoms with Crippen LogP contribution in [0.2, 0.25) is 0 Å². The molecule has 2 atom stereocenters. The summed E-state index contributed by atoms with van der Waals surface area (Å²) in [5.41, 5.74) is 6.71. The van der Waals surface area contributed by atoms with Crippen LogP contribution in [0, 0.1) is 23.5 Å². The molecule has 2 fully saturated rings.